The molecule has 64 valence electrons. The van der Waals surface area contributed by atoms with Crippen LogP contribution in [0.5, 0.6) is 0 Å². The molecule has 0 aromatic rings. The topological polar surface area (TPSA) is 138 Å². The number of hydrogen-bond donors (Lipinski definition) is 0. The maximum atomic E-state index is 8.99. The summed E-state index contributed by atoms with van der Waals surface area (Å²) in [5, 5.41) is 0. The van der Waals surface area contributed by atoms with Crippen LogP contribution < -0.4 is 29.4 Å². The van der Waals surface area contributed by atoms with Crippen molar-refractivity contribution in [2.24, 2.45) is 0 Å². The molecule has 0 aliphatic carbocycles. The van der Waals surface area contributed by atoms with Crippen LogP contribution >= 0.6 is 15.1 Å². The minimum Gasteiger partial charge on any atom is -0.852 e. The Balaban J connectivity index is -0.0000000267. The minimum atomic E-state index is -4.39. The molecule has 0 heterocycles. The fraction of sp³-hybridized carbons (Fsp3) is 0. The first kappa shape index (κ1) is 30.3. The molecule has 0 aromatic carbocycles. The van der Waals surface area contributed by atoms with Gasteiger partial charge in [0, 0.05) is 0 Å². The van der Waals surface area contributed by atoms with Gasteiger partial charge in [0.1, 0.15) is 0 Å². The second-order valence-corrected chi connectivity index (χ2v) is 3.67. The van der Waals surface area contributed by atoms with E-state index in [1.165, 1.54) is 0 Å². The van der Waals surface area contributed by atoms with E-state index in [1.54, 1.807) is 0 Å². The van der Waals surface area contributed by atoms with Gasteiger partial charge in [0.25, 0.3) is 0 Å². The number of hydrogen-bond acceptors (Lipinski definition) is 6. The summed E-state index contributed by atoms with van der Waals surface area (Å²) >= 11 is 0. The molecule has 0 rings (SSSR count). The van der Waals surface area contributed by atoms with Crippen LogP contribution in [0.1, 0.15) is 0 Å². The predicted octanol–water partition coefficient (Wildman–Crippen LogP) is -6.62. The average molecular weight is 306 g/mol. The van der Waals surface area contributed by atoms with E-state index < -0.39 is 15.1 Å². The summed E-state index contributed by atoms with van der Waals surface area (Å²) in [6.45, 7) is 0. The normalized spacial score (nSPS) is 9.08. The summed E-state index contributed by atoms with van der Waals surface area (Å²) in [7, 11) is -8.78. The summed E-state index contributed by atoms with van der Waals surface area (Å²) in [5.41, 5.74) is 0. The van der Waals surface area contributed by atoms with Gasteiger partial charge >= 0.3 is 113 Å². The molecule has 0 saturated heterocycles. The molecule has 0 unspecified atom stereocenters. The Morgan fingerprint density at radius 1 is 0.538 bits per heavy atom. The molecule has 0 aromatic heterocycles. The SMILES string of the molecule is C=P([O-])([O-])[O-].C=P([O-])([O-])[O-].[Ca+2].[Ca+2].[Ca+2]. The zero-order valence-electron chi connectivity index (χ0n) is 6.88. The van der Waals surface area contributed by atoms with E-state index in [1.807, 2.05) is 0 Å². The van der Waals surface area contributed by atoms with Crippen LogP contribution in [-0.4, -0.2) is 126 Å². The van der Waals surface area contributed by atoms with Crippen LogP contribution in [0.4, 0.5) is 0 Å². The third kappa shape index (κ3) is 188. The van der Waals surface area contributed by atoms with Crippen molar-refractivity contribution in [2.45, 2.75) is 0 Å². The van der Waals surface area contributed by atoms with E-state index in [-0.39, 0.29) is 113 Å². The van der Waals surface area contributed by atoms with Crippen molar-refractivity contribution in [3.63, 3.8) is 0 Å². The molecule has 0 spiro atoms. The predicted molar refractivity (Wildman–Crippen MR) is 45.3 cm³/mol. The van der Waals surface area contributed by atoms with Gasteiger partial charge in [-0.1, -0.05) is 0 Å². The molecule has 0 aliphatic rings. The van der Waals surface area contributed by atoms with Crippen LogP contribution in [0, 0.1) is 0 Å². The summed E-state index contributed by atoms with van der Waals surface area (Å²) in [6, 6.07) is 0. The van der Waals surface area contributed by atoms with Gasteiger partial charge in [0.2, 0.25) is 0 Å². The van der Waals surface area contributed by atoms with Crippen molar-refractivity contribution in [2.75, 3.05) is 0 Å². The van der Waals surface area contributed by atoms with Crippen molar-refractivity contribution in [3.05, 3.63) is 0 Å². The fourth-order valence-corrected chi connectivity index (χ4v) is 0. The molecule has 0 saturated carbocycles. The quantitative estimate of drug-likeness (QED) is 0.322. The summed E-state index contributed by atoms with van der Waals surface area (Å²) in [6.07, 6.45) is 4.43. The smallest absolute Gasteiger partial charge is 0.852 e. The monoisotopic (exact) mass is 306 g/mol. The van der Waals surface area contributed by atoms with Gasteiger partial charge in [-0.2, -0.15) is 0 Å². The van der Waals surface area contributed by atoms with Crippen molar-refractivity contribution in [1.29, 1.82) is 0 Å². The van der Waals surface area contributed by atoms with E-state index in [0.29, 0.717) is 0 Å². The zero-order chi connectivity index (χ0) is 9.00. The molecule has 13 heavy (non-hydrogen) atoms. The summed E-state index contributed by atoms with van der Waals surface area (Å²) in [4.78, 5) is 54.0. The Labute approximate surface area is 166 Å². The number of rotatable bonds is 0. The van der Waals surface area contributed by atoms with E-state index in [9.17, 15) is 0 Å². The third-order valence-corrected chi connectivity index (χ3v) is 0. The van der Waals surface area contributed by atoms with E-state index in [0.717, 1.165) is 0 Å². The first-order valence-corrected chi connectivity index (χ1v) is 5.18. The molecule has 0 amide bonds. The molecular formula is C2H4Ca3O6P2. The molecule has 0 atom stereocenters. The van der Waals surface area contributed by atoms with Gasteiger partial charge in [-0.05, 0) is 0 Å². The molecule has 0 radical (unpaired) electrons. The maximum Gasteiger partial charge on any atom is 2.00 e. The average Bonchev–Trinajstić information content (AvgIpc) is 1.12. The molecule has 0 fully saturated rings. The zero-order valence-corrected chi connectivity index (χ0v) is 15.3. The van der Waals surface area contributed by atoms with Crippen molar-refractivity contribution < 1.29 is 29.4 Å². The summed E-state index contributed by atoms with van der Waals surface area (Å²) in [5.74, 6) is 0. The van der Waals surface area contributed by atoms with E-state index >= 15 is 0 Å². The van der Waals surface area contributed by atoms with Crippen LogP contribution in [0.3, 0.4) is 0 Å². The van der Waals surface area contributed by atoms with Gasteiger partial charge in [0.05, 0.1) is 0 Å². The van der Waals surface area contributed by atoms with Crippen LogP contribution in [-0.2, 0) is 0 Å². The Hall–Kier alpha value is 4.14. The van der Waals surface area contributed by atoms with Crippen molar-refractivity contribution >= 4 is 141 Å². The Kier molecular flexibility index (Phi) is 33.1. The fourth-order valence-electron chi connectivity index (χ4n) is 0. The molecule has 6 nitrogen and oxygen atoms in total. The van der Waals surface area contributed by atoms with Crippen molar-refractivity contribution in [3.8, 4) is 0 Å². The maximum absolute atomic E-state index is 8.99. The van der Waals surface area contributed by atoms with Crippen LogP contribution in [0.25, 0.3) is 0 Å². The van der Waals surface area contributed by atoms with Crippen LogP contribution in [0.2, 0.25) is 0 Å². The van der Waals surface area contributed by atoms with Gasteiger partial charge in [-0.15, -0.1) is 12.6 Å². The third-order valence-electron chi connectivity index (χ3n) is 0. The standard InChI is InChI=1S/2CH2O3P.3Ca/c2*1-5(2,3)4;;;/h2*1H2;;;/q2*-3;3*+2. The van der Waals surface area contributed by atoms with Gasteiger partial charge in [-0.3, -0.25) is 0 Å². The van der Waals surface area contributed by atoms with Gasteiger partial charge in [-0.25, -0.2) is 0 Å². The second-order valence-electron chi connectivity index (χ2n) is 1.22. The Bertz CT molecular complexity index is 136. The molecule has 11 heteroatoms. The Morgan fingerprint density at radius 2 is 0.538 bits per heavy atom. The molecule has 0 N–H and O–H groups in total. The largest absolute Gasteiger partial charge is 2.00 e. The van der Waals surface area contributed by atoms with Gasteiger partial charge in [0.15, 0.2) is 0 Å². The molecule has 0 aliphatic heterocycles. The van der Waals surface area contributed by atoms with E-state index in [2.05, 4.69) is 12.6 Å². The molecular weight excluding hydrogens is 302 g/mol. The second kappa shape index (κ2) is 14.2. The minimum absolute atomic E-state index is 0. The summed E-state index contributed by atoms with van der Waals surface area (Å²) < 4.78 is 0. The van der Waals surface area contributed by atoms with E-state index in [4.69, 9.17) is 29.4 Å². The first-order chi connectivity index (χ1) is 4.00. The Morgan fingerprint density at radius 3 is 0.538 bits per heavy atom. The van der Waals surface area contributed by atoms with Crippen LogP contribution in [0.15, 0.2) is 0 Å². The first-order valence-electron chi connectivity index (χ1n) is 1.73. The molecule has 0 bridgehead atoms. The van der Waals surface area contributed by atoms with Crippen molar-refractivity contribution in [1.82, 2.24) is 0 Å². The van der Waals surface area contributed by atoms with Gasteiger partial charge < -0.3 is 44.5 Å².